The Kier molecular flexibility index (Phi) is 14.6. The van der Waals surface area contributed by atoms with E-state index >= 15 is 0 Å². The third kappa shape index (κ3) is 11.5. The van der Waals surface area contributed by atoms with Gasteiger partial charge in [0, 0.05) is 0 Å². The number of amides is 3. The van der Waals surface area contributed by atoms with Crippen LogP contribution >= 0.6 is 0 Å². The van der Waals surface area contributed by atoms with Gasteiger partial charge in [-0.05, 0) is 50.0 Å². The number of nitrogens with two attached hydrogens (primary N) is 2. The van der Waals surface area contributed by atoms with E-state index in [1.54, 1.807) is 6.92 Å². The minimum Gasteiger partial charge on any atom is -0.480 e. The molecular formula is C23H45N5O5. The Bertz CT molecular complexity index is 641. The van der Waals surface area contributed by atoms with Gasteiger partial charge in [-0.3, -0.25) is 14.4 Å². The Morgan fingerprint density at radius 1 is 0.848 bits per heavy atom. The lowest BCUT2D eigenvalue weighted by molar-refractivity contribution is -0.144. The molecule has 0 saturated carbocycles. The number of rotatable bonds is 16. The molecule has 0 aromatic heterocycles. The molecule has 192 valence electrons. The van der Waals surface area contributed by atoms with E-state index in [1.807, 2.05) is 34.6 Å². The number of unbranched alkanes of at least 4 members (excludes halogenated alkanes) is 1. The van der Waals surface area contributed by atoms with Gasteiger partial charge in [-0.15, -0.1) is 0 Å². The highest BCUT2D eigenvalue weighted by molar-refractivity contribution is 5.94. The summed E-state index contributed by atoms with van der Waals surface area (Å²) in [5.41, 5.74) is 11.5. The highest BCUT2D eigenvalue weighted by Crippen LogP contribution is 2.12. The Hall–Kier alpha value is -2.20. The predicted octanol–water partition coefficient (Wildman–Crippen LogP) is 0.730. The number of carbonyl (C=O) groups is 4. The average Bonchev–Trinajstić information content (AvgIpc) is 2.74. The van der Waals surface area contributed by atoms with Crippen LogP contribution in [-0.4, -0.2) is 59.5 Å². The van der Waals surface area contributed by atoms with E-state index < -0.39 is 47.9 Å². The second-order valence-electron chi connectivity index (χ2n) is 9.52. The quantitative estimate of drug-likeness (QED) is 0.180. The summed E-state index contributed by atoms with van der Waals surface area (Å²) in [6, 6.07) is -3.63. The average molecular weight is 472 g/mol. The molecule has 0 rings (SSSR count). The lowest BCUT2D eigenvalue weighted by atomic mass is 9.97. The summed E-state index contributed by atoms with van der Waals surface area (Å²) in [4.78, 5) is 50.1. The van der Waals surface area contributed by atoms with Gasteiger partial charge in [-0.2, -0.15) is 0 Å². The van der Waals surface area contributed by atoms with Crippen LogP contribution in [-0.2, 0) is 19.2 Å². The zero-order chi connectivity index (χ0) is 25.7. The largest absolute Gasteiger partial charge is 0.480 e. The molecule has 8 N–H and O–H groups in total. The summed E-state index contributed by atoms with van der Waals surface area (Å²) < 4.78 is 0. The first-order chi connectivity index (χ1) is 15.3. The summed E-state index contributed by atoms with van der Waals surface area (Å²) >= 11 is 0. The minimum atomic E-state index is -1.12. The van der Waals surface area contributed by atoms with E-state index in [4.69, 9.17) is 11.5 Å². The third-order valence-electron chi connectivity index (χ3n) is 5.72. The van der Waals surface area contributed by atoms with Crippen LogP contribution in [0.2, 0.25) is 0 Å². The molecule has 0 spiro atoms. The molecule has 0 aliphatic carbocycles. The first-order valence-electron chi connectivity index (χ1n) is 11.9. The van der Waals surface area contributed by atoms with Gasteiger partial charge in [0.15, 0.2) is 0 Å². The number of carboxylic acids is 1. The molecule has 0 heterocycles. The van der Waals surface area contributed by atoms with Crippen molar-refractivity contribution < 1.29 is 24.3 Å². The molecule has 0 saturated heterocycles. The van der Waals surface area contributed by atoms with Gasteiger partial charge in [-0.1, -0.05) is 48.0 Å². The maximum atomic E-state index is 13.1. The highest BCUT2D eigenvalue weighted by atomic mass is 16.4. The molecule has 0 bridgehead atoms. The summed E-state index contributed by atoms with van der Waals surface area (Å²) in [7, 11) is 0. The SMILES string of the molecule is CCC(C)C(NC(=O)C(CC(C)C)NC(=O)C(CCCCN)NC(=O)C(N)C(C)C)C(=O)O. The van der Waals surface area contributed by atoms with Gasteiger partial charge in [0.1, 0.15) is 18.1 Å². The lowest BCUT2D eigenvalue weighted by Gasteiger charge is -2.27. The van der Waals surface area contributed by atoms with Crippen LogP contribution in [0.5, 0.6) is 0 Å². The van der Waals surface area contributed by atoms with Crippen LogP contribution in [0.3, 0.4) is 0 Å². The van der Waals surface area contributed by atoms with E-state index in [2.05, 4.69) is 16.0 Å². The van der Waals surface area contributed by atoms with E-state index in [0.717, 1.165) is 0 Å². The van der Waals surface area contributed by atoms with Gasteiger partial charge in [-0.25, -0.2) is 4.79 Å². The molecule has 5 atom stereocenters. The van der Waals surface area contributed by atoms with Crippen molar-refractivity contribution in [3.8, 4) is 0 Å². The van der Waals surface area contributed by atoms with Crippen molar-refractivity contribution in [1.29, 1.82) is 0 Å². The zero-order valence-corrected chi connectivity index (χ0v) is 21.0. The van der Waals surface area contributed by atoms with Crippen LogP contribution in [0.25, 0.3) is 0 Å². The molecule has 0 aliphatic rings. The first-order valence-corrected chi connectivity index (χ1v) is 11.9. The van der Waals surface area contributed by atoms with Gasteiger partial charge < -0.3 is 32.5 Å². The minimum absolute atomic E-state index is 0.0626. The molecule has 0 fully saturated rings. The van der Waals surface area contributed by atoms with Crippen LogP contribution in [0.15, 0.2) is 0 Å². The maximum absolute atomic E-state index is 13.1. The molecule has 0 aromatic carbocycles. The number of hydrogen-bond acceptors (Lipinski definition) is 6. The normalized spacial score (nSPS) is 15.9. The Morgan fingerprint density at radius 3 is 1.85 bits per heavy atom. The first kappa shape index (κ1) is 30.8. The number of aliphatic carboxylic acids is 1. The van der Waals surface area contributed by atoms with Crippen molar-refractivity contribution >= 4 is 23.7 Å². The van der Waals surface area contributed by atoms with Crippen molar-refractivity contribution in [2.75, 3.05) is 6.54 Å². The fourth-order valence-corrected chi connectivity index (χ4v) is 3.24. The molecule has 0 aromatic rings. The number of hydrogen-bond donors (Lipinski definition) is 6. The topological polar surface area (TPSA) is 177 Å². The van der Waals surface area contributed by atoms with Crippen molar-refractivity contribution in [2.24, 2.45) is 29.2 Å². The molecule has 0 radical (unpaired) electrons. The molecule has 3 amide bonds. The Balaban J connectivity index is 5.55. The van der Waals surface area contributed by atoms with E-state index in [9.17, 15) is 24.3 Å². The van der Waals surface area contributed by atoms with Crippen LogP contribution < -0.4 is 27.4 Å². The number of carboxylic acid groups (broad SMARTS) is 1. The maximum Gasteiger partial charge on any atom is 0.326 e. The zero-order valence-electron chi connectivity index (χ0n) is 21.0. The van der Waals surface area contributed by atoms with Crippen molar-refractivity contribution in [3.05, 3.63) is 0 Å². The van der Waals surface area contributed by atoms with E-state index in [0.29, 0.717) is 38.6 Å². The predicted molar refractivity (Wildman–Crippen MR) is 128 cm³/mol. The molecule has 10 heteroatoms. The molecule has 33 heavy (non-hydrogen) atoms. The summed E-state index contributed by atoms with van der Waals surface area (Å²) in [6.45, 7) is 11.5. The number of nitrogens with one attached hydrogen (secondary N) is 3. The van der Waals surface area contributed by atoms with Crippen molar-refractivity contribution in [2.45, 2.75) is 97.8 Å². The summed E-state index contributed by atoms with van der Waals surface area (Å²) in [6.07, 6.45) is 2.53. The lowest BCUT2D eigenvalue weighted by Crippen LogP contribution is -2.58. The van der Waals surface area contributed by atoms with Crippen LogP contribution in [0, 0.1) is 17.8 Å². The fourth-order valence-electron chi connectivity index (χ4n) is 3.24. The second kappa shape index (κ2) is 15.6. The van der Waals surface area contributed by atoms with Crippen LogP contribution in [0.4, 0.5) is 0 Å². The van der Waals surface area contributed by atoms with Gasteiger partial charge in [0.05, 0.1) is 6.04 Å². The van der Waals surface area contributed by atoms with Crippen LogP contribution in [0.1, 0.15) is 73.6 Å². The fraction of sp³-hybridized carbons (Fsp3) is 0.826. The smallest absolute Gasteiger partial charge is 0.326 e. The summed E-state index contributed by atoms with van der Waals surface area (Å²) in [5.74, 6) is -2.95. The Morgan fingerprint density at radius 2 is 1.39 bits per heavy atom. The van der Waals surface area contributed by atoms with Gasteiger partial charge in [0.2, 0.25) is 17.7 Å². The third-order valence-corrected chi connectivity index (χ3v) is 5.72. The van der Waals surface area contributed by atoms with Gasteiger partial charge >= 0.3 is 5.97 Å². The monoisotopic (exact) mass is 471 g/mol. The molecule has 5 unspecified atom stereocenters. The number of carbonyl (C=O) groups excluding carboxylic acids is 3. The molecule has 10 nitrogen and oxygen atoms in total. The highest BCUT2D eigenvalue weighted by Gasteiger charge is 2.32. The molecular weight excluding hydrogens is 426 g/mol. The standard InChI is InChI=1S/C23H45N5O5/c1-7-15(6)19(23(32)33)28-21(30)17(12-13(2)3)27-20(29)16(10-8-9-11-24)26-22(31)18(25)14(4)5/h13-19H,7-12,24-25H2,1-6H3,(H,26,31)(H,27,29)(H,28,30)(H,32,33). The second-order valence-corrected chi connectivity index (χ2v) is 9.52. The van der Waals surface area contributed by atoms with Crippen molar-refractivity contribution in [1.82, 2.24) is 16.0 Å². The van der Waals surface area contributed by atoms with E-state index in [1.165, 1.54) is 0 Å². The Labute approximate surface area is 198 Å². The van der Waals surface area contributed by atoms with Gasteiger partial charge in [0.25, 0.3) is 0 Å². The van der Waals surface area contributed by atoms with Crippen molar-refractivity contribution in [3.63, 3.8) is 0 Å². The summed E-state index contributed by atoms with van der Waals surface area (Å²) in [5, 5.41) is 17.5. The van der Waals surface area contributed by atoms with E-state index in [-0.39, 0.29) is 17.8 Å². The molecule has 0 aliphatic heterocycles.